The molecule has 1 aliphatic rings. The van der Waals surface area contributed by atoms with Crippen LogP contribution < -0.4 is 5.48 Å². The van der Waals surface area contributed by atoms with Crippen molar-refractivity contribution in [1.29, 1.82) is 0 Å². The minimum absolute atomic E-state index is 0.136. The van der Waals surface area contributed by atoms with Gasteiger partial charge in [-0.3, -0.25) is 9.63 Å². The number of amides is 1. The molecule has 0 bridgehead atoms. The number of hydroxylamine groups is 1. The molecule has 1 fully saturated rings. The zero-order valence-corrected chi connectivity index (χ0v) is 9.48. The van der Waals surface area contributed by atoms with Gasteiger partial charge in [-0.25, -0.2) is 5.48 Å². The van der Waals surface area contributed by atoms with Gasteiger partial charge in [-0.1, -0.05) is 24.2 Å². The highest BCUT2D eigenvalue weighted by molar-refractivity contribution is 7.17. The van der Waals surface area contributed by atoms with Gasteiger partial charge in [0.1, 0.15) is 0 Å². The Morgan fingerprint density at radius 1 is 1.47 bits per heavy atom. The molecule has 1 saturated carbocycles. The predicted octanol–water partition coefficient (Wildman–Crippen LogP) is 1.80. The van der Waals surface area contributed by atoms with Crippen molar-refractivity contribution in [2.45, 2.75) is 31.8 Å². The van der Waals surface area contributed by atoms with Gasteiger partial charge in [0.15, 0.2) is 0 Å². The fraction of sp³-hybridized carbons (Fsp3) is 0.625. The van der Waals surface area contributed by atoms with Gasteiger partial charge >= 0.3 is 5.91 Å². The van der Waals surface area contributed by atoms with Crippen LogP contribution in [0.4, 0.5) is 0 Å². The number of rotatable bonds is 3. The van der Waals surface area contributed by atoms with Gasteiger partial charge in [0.05, 0.1) is 6.10 Å². The number of nitrogens with one attached hydrogen (secondary N) is 1. The first-order chi connectivity index (χ1) is 7.25. The standard InChI is InChI=1S/C8H10ClN3O2S/c9-8-11-10-7(15-8)6(13)12-14-5-3-1-2-4-5/h5H,1-4H2,(H,12,13). The average molecular weight is 248 g/mol. The highest BCUT2D eigenvalue weighted by Crippen LogP contribution is 2.20. The third-order valence-corrected chi connectivity index (χ3v) is 3.23. The normalized spacial score (nSPS) is 16.9. The van der Waals surface area contributed by atoms with Gasteiger partial charge in [-0.15, -0.1) is 10.2 Å². The van der Waals surface area contributed by atoms with Crippen LogP contribution in [0.1, 0.15) is 35.5 Å². The first kappa shape index (κ1) is 10.8. The molecule has 15 heavy (non-hydrogen) atoms. The molecule has 1 amide bonds. The lowest BCUT2D eigenvalue weighted by Crippen LogP contribution is -2.28. The number of nitrogens with zero attached hydrogens (tertiary/aromatic N) is 2. The second-order valence-electron chi connectivity index (χ2n) is 3.32. The molecule has 5 nitrogen and oxygen atoms in total. The fourth-order valence-corrected chi connectivity index (χ4v) is 2.20. The van der Waals surface area contributed by atoms with Crippen LogP contribution in [0, 0.1) is 0 Å². The van der Waals surface area contributed by atoms with E-state index in [2.05, 4.69) is 15.7 Å². The summed E-state index contributed by atoms with van der Waals surface area (Å²) in [5, 5.41) is 7.36. The minimum atomic E-state index is -0.383. The third-order valence-electron chi connectivity index (χ3n) is 2.22. The van der Waals surface area contributed by atoms with Gasteiger partial charge in [0.25, 0.3) is 0 Å². The molecule has 0 aromatic carbocycles. The fourth-order valence-electron chi connectivity index (χ4n) is 1.48. The maximum Gasteiger partial charge on any atom is 0.305 e. The Kier molecular flexibility index (Phi) is 3.50. The lowest BCUT2D eigenvalue weighted by atomic mass is 10.3. The van der Waals surface area contributed by atoms with E-state index < -0.39 is 0 Å². The Bertz CT molecular complexity index is 351. The van der Waals surface area contributed by atoms with Crippen LogP contribution in [0.3, 0.4) is 0 Å². The molecular formula is C8H10ClN3O2S. The molecule has 7 heteroatoms. The number of carbonyl (C=O) groups excluding carboxylic acids is 1. The summed E-state index contributed by atoms with van der Waals surface area (Å²) in [5.74, 6) is -0.383. The maximum atomic E-state index is 11.4. The lowest BCUT2D eigenvalue weighted by Gasteiger charge is -2.09. The second kappa shape index (κ2) is 4.87. The SMILES string of the molecule is O=C(NOC1CCCC1)c1nnc(Cl)s1. The topological polar surface area (TPSA) is 64.1 Å². The van der Waals surface area contributed by atoms with Crippen molar-refractivity contribution in [2.24, 2.45) is 0 Å². The van der Waals surface area contributed by atoms with Crippen LogP contribution >= 0.6 is 22.9 Å². The quantitative estimate of drug-likeness (QED) is 0.828. The Hall–Kier alpha value is -0.720. The highest BCUT2D eigenvalue weighted by atomic mass is 35.5. The van der Waals surface area contributed by atoms with Crippen LogP contribution in [-0.2, 0) is 4.84 Å². The molecule has 0 atom stereocenters. The largest absolute Gasteiger partial charge is 0.305 e. The van der Waals surface area contributed by atoms with Crippen molar-refractivity contribution in [3.05, 3.63) is 9.47 Å². The van der Waals surface area contributed by atoms with Gasteiger partial charge < -0.3 is 0 Å². The molecule has 1 aliphatic carbocycles. The molecule has 1 N–H and O–H groups in total. The minimum Gasteiger partial charge on any atom is -0.270 e. The number of carbonyl (C=O) groups is 1. The molecule has 0 aliphatic heterocycles. The summed E-state index contributed by atoms with van der Waals surface area (Å²) in [7, 11) is 0. The van der Waals surface area contributed by atoms with E-state index in [4.69, 9.17) is 16.4 Å². The van der Waals surface area contributed by atoms with E-state index in [0.717, 1.165) is 37.0 Å². The van der Waals surface area contributed by atoms with Gasteiger partial charge in [0, 0.05) is 0 Å². The van der Waals surface area contributed by atoms with Crippen LogP contribution in [0.25, 0.3) is 0 Å². The van der Waals surface area contributed by atoms with Gasteiger partial charge in [-0.2, -0.15) is 0 Å². The first-order valence-corrected chi connectivity index (χ1v) is 5.90. The molecule has 0 saturated heterocycles. The second-order valence-corrected chi connectivity index (χ2v) is 4.88. The molecule has 0 radical (unpaired) electrons. The van der Waals surface area contributed by atoms with Crippen molar-refractivity contribution < 1.29 is 9.63 Å². The molecule has 0 unspecified atom stereocenters. The Balaban J connectivity index is 1.81. The van der Waals surface area contributed by atoms with E-state index in [1.807, 2.05) is 0 Å². The summed E-state index contributed by atoms with van der Waals surface area (Å²) in [4.78, 5) is 16.7. The van der Waals surface area contributed by atoms with E-state index >= 15 is 0 Å². The number of hydrogen-bond acceptors (Lipinski definition) is 5. The zero-order chi connectivity index (χ0) is 10.7. The van der Waals surface area contributed by atoms with Crippen LogP contribution in [-0.4, -0.2) is 22.2 Å². The first-order valence-electron chi connectivity index (χ1n) is 4.70. The monoisotopic (exact) mass is 247 g/mol. The van der Waals surface area contributed by atoms with E-state index in [1.54, 1.807) is 0 Å². The smallest absolute Gasteiger partial charge is 0.270 e. The molecule has 1 aromatic rings. The van der Waals surface area contributed by atoms with Crippen molar-refractivity contribution >= 4 is 28.8 Å². The lowest BCUT2D eigenvalue weighted by molar-refractivity contribution is -0.0125. The molecule has 0 spiro atoms. The summed E-state index contributed by atoms with van der Waals surface area (Å²) < 4.78 is 0.251. The summed E-state index contributed by atoms with van der Waals surface area (Å²) in [5.41, 5.74) is 2.36. The summed E-state index contributed by atoms with van der Waals surface area (Å²) >= 11 is 6.59. The van der Waals surface area contributed by atoms with Crippen LogP contribution in [0.2, 0.25) is 4.47 Å². The number of aromatic nitrogens is 2. The molecule has 2 rings (SSSR count). The van der Waals surface area contributed by atoms with Crippen molar-refractivity contribution in [3.63, 3.8) is 0 Å². The van der Waals surface area contributed by atoms with Crippen molar-refractivity contribution in [2.75, 3.05) is 0 Å². The molecular weight excluding hydrogens is 238 g/mol. The maximum absolute atomic E-state index is 11.4. The van der Waals surface area contributed by atoms with E-state index in [-0.39, 0.29) is 21.5 Å². The Morgan fingerprint density at radius 3 is 2.80 bits per heavy atom. The Morgan fingerprint density at radius 2 is 2.20 bits per heavy atom. The highest BCUT2D eigenvalue weighted by Gasteiger charge is 2.18. The summed E-state index contributed by atoms with van der Waals surface area (Å²) in [6, 6.07) is 0. The summed E-state index contributed by atoms with van der Waals surface area (Å²) in [6.07, 6.45) is 4.45. The van der Waals surface area contributed by atoms with Crippen LogP contribution in [0.15, 0.2) is 0 Å². The van der Waals surface area contributed by atoms with E-state index in [0.29, 0.717) is 0 Å². The number of halogens is 1. The van der Waals surface area contributed by atoms with Crippen molar-refractivity contribution in [1.82, 2.24) is 15.7 Å². The van der Waals surface area contributed by atoms with E-state index in [9.17, 15) is 4.79 Å². The van der Waals surface area contributed by atoms with Crippen LogP contribution in [0.5, 0.6) is 0 Å². The molecule has 1 heterocycles. The van der Waals surface area contributed by atoms with E-state index in [1.165, 1.54) is 0 Å². The van der Waals surface area contributed by atoms with Gasteiger partial charge in [0.2, 0.25) is 9.47 Å². The predicted molar refractivity (Wildman–Crippen MR) is 55.7 cm³/mol. The molecule has 82 valence electrons. The average Bonchev–Trinajstić information content (AvgIpc) is 2.84. The van der Waals surface area contributed by atoms with Crippen molar-refractivity contribution in [3.8, 4) is 0 Å². The zero-order valence-electron chi connectivity index (χ0n) is 7.90. The molecule has 1 aromatic heterocycles. The van der Waals surface area contributed by atoms with Gasteiger partial charge in [-0.05, 0) is 24.4 Å². The summed E-state index contributed by atoms with van der Waals surface area (Å²) in [6.45, 7) is 0. The number of hydrogen-bond donors (Lipinski definition) is 1. The Labute approximate surface area is 95.7 Å². The third kappa shape index (κ3) is 2.87.